The normalized spacial score (nSPS) is 10.5. The minimum atomic E-state index is -0.609. The monoisotopic (exact) mass is 428 g/mol. The number of carbonyl (C=O) groups excluding carboxylic acids is 1. The quantitative estimate of drug-likeness (QED) is 0.777. The van der Waals surface area contributed by atoms with Gasteiger partial charge in [0.15, 0.2) is 0 Å². The summed E-state index contributed by atoms with van der Waals surface area (Å²) in [5.74, 6) is 0.129. The van der Waals surface area contributed by atoms with Crippen molar-refractivity contribution in [2.75, 3.05) is 5.73 Å². The third kappa shape index (κ3) is 3.56. The van der Waals surface area contributed by atoms with E-state index in [1.165, 1.54) is 0 Å². The van der Waals surface area contributed by atoms with E-state index < -0.39 is 5.91 Å². The molecule has 0 fully saturated rings. The highest BCUT2D eigenvalue weighted by Crippen LogP contribution is 2.33. The molecule has 1 aromatic heterocycles. The minimum Gasteiger partial charge on any atom is -0.486 e. The van der Waals surface area contributed by atoms with Gasteiger partial charge in [0.05, 0.1) is 21.4 Å². The van der Waals surface area contributed by atoms with E-state index in [9.17, 15) is 4.79 Å². The molecule has 0 saturated heterocycles. The third-order valence-corrected chi connectivity index (χ3v) is 4.02. The Bertz CT molecular complexity index is 727. The lowest BCUT2D eigenvalue weighted by molar-refractivity contribution is 0.0996. The van der Waals surface area contributed by atoms with Crippen LogP contribution in [-0.2, 0) is 6.61 Å². The molecule has 0 radical (unpaired) electrons. The largest absolute Gasteiger partial charge is 0.486 e. The van der Waals surface area contributed by atoms with Crippen molar-refractivity contribution in [3.63, 3.8) is 0 Å². The first-order valence-corrected chi connectivity index (χ1v) is 7.89. The predicted molar refractivity (Wildman–Crippen MR) is 90.6 cm³/mol. The molecule has 0 aliphatic rings. The second-order valence-corrected chi connectivity index (χ2v) is 6.45. The zero-order valence-corrected chi connectivity index (χ0v) is 15.2. The number of nitrogens with two attached hydrogens (primary N) is 2. The number of rotatable bonds is 4. The van der Waals surface area contributed by atoms with Crippen LogP contribution in [-0.4, -0.2) is 15.9 Å². The lowest BCUT2D eigenvalue weighted by Gasteiger charge is -2.14. The van der Waals surface area contributed by atoms with E-state index in [1.807, 2.05) is 19.1 Å². The molecule has 0 atom stereocenters. The van der Waals surface area contributed by atoms with Crippen LogP contribution < -0.4 is 16.2 Å². The van der Waals surface area contributed by atoms with Gasteiger partial charge in [-0.05, 0) is 47.5 Å². The van der Waals surface area contributed by atoms with Gasteiger partial charge in [0.1, 0.15) is 12.4 Å². The highest BCUT2D eigenvalue weighted by Gasteiger charge is 2.17. The average molecular weight is 430 g/mol. The molecule has 1 amide bonds. The molecule has 0 saturated carbocycles. The lowest BCUT2D eigenvalue weighted by Crippen LogP contribution is -2.20. The van der Waals surface area contributed by atoms with Crippen LogP contribution in [0.5, 0.6) is 5.75 Å². The number of benzene rings is 1. The molecule has 0 aliphatic carbocycles. The number of hydrogen-bond acceptors (Lipinski definition) is 5. The van der Waals surface area contributed by atoms with Crippen LogP contribution in [0.4, 0.5) is 5.95 Å². The summed E-state index contributed by atoms with van der Waals surface area (Å²) in [7, 11) is 0. The Morgan fingerprint density at radius 1 is 1.27 bits per heavy atom. The van der Waals surface area contributed by atoms with E-state index in [1.54, 1.807) is 6.92 Å². The first-order chi connectivity index (χ1) is 10.3. The fourth-order valence-corrected chi connectivity index (χ4v) is 3.65. The zero-order valence-electron chi connectivity index (χ0n) is 12.0. The van der Waals surface area contributed by atoms with E-state index >= 15 is 0 Å². The van der Waals surface area contributed by atoms with Crippen LogP contribution in [0.25, 0.3) is 0 Å². The number of halogens is 2. The first kappa shape index (κ1) is 16.7. The molecule has 2 aromatic rings. The molecular weight excluding hydrogens is 416 g/mol. The van der Waals surface area contributed by atoms with Crippen LogP contribution >= 0.6 is 31.9 Å². The Morgan fingerprint density at radius 3 is 2.55 bits per heavy atom. The van der Waals surface area contributed by atoms with Crippen molar-refractivity contribution in [2.24, 2.45) is 5.73 Å². The van der Waals surface area contributed by atoms with Crippen LogP contribution in [0.15, 0.2) is 21.1 Å². The smallest absolute Gasteiger partial charge is 0.252 e. The number of nitrogen functional groups attached to an aromatic ring is 1. The van der Waals surface area contributed by atoms with E-state index in [4.69, 9.17) is 16.2 Å². The molecule has 1 heterocycles. The Kier molecular flexibility index (Phi) is 5.02. The van der Waals surface area contributed by atoms with Crippen molar-refractivity contribution in [3.8, 4) is 5.75 Å². The number of aryl methyl sites for hydroxylation is 2. The van der Waals surface area contributed by atoms with Gasteiger partial charge in [0, 0.05) is 4.47 Å². The van der Waals surface area contributed by atoms with Crippen LogP contribution in [0, 0.1) is 13.8 Å². The molecule has 4 N–H and O–H groups in total. The maximum absolute atomic E-state index is 11.6. The standard InChI is InChI=1S/C14H14Br2N4O2/c1-6-3-8(15)4-9(16)12(6)22-5-10-11(13(17)21)7(2)19-14(18)20-10/h3-4H,5H2,1-2H3,(H2,17,21)(H2,18,19,20). The molecule has 0 bridgehead atoms. The number of anilines is 1. The molecule has 0 aliphatic heterocycles. The number of primary amides is 1. The summed E-state index contributed by atoms with van der Waals surface area (Å²) in [4.78, 5) is 19.6. The fourth-order valence-electron chi connectivity index (χ4n) is 2.09. The second-order valence-electron chi connectivity index (χ2n) is 4.68. The molecule has 0 unspecified atom stereocenters. The van der Waals surface area contributed by atoms with Crippen LogP contribution in [0.3, 0.4) is 0 Å². The Morgan fingerprint density at radius 2 is 1.95 bits per heavy atom. The lowest BCUT2D eigenvalue weighted by atomic mass is 10.1. The van der Waals surface area contributed by atoms with Crippen molar-refractivity contribution >= 4 is 43.7 Å². The Balaban J connectivity index is 2.35. The van der Waals surface area contributed by atoms with Crippen LogP contribution in [0.2, 0.25) is 0 Å². The summed E-state index contributed by atoms with van der Waals surface area (Å²) in [5, 5.41) is 0. The minimum absolute atomic E-state index is 0.0624. The molecule has 2 rings (SSSR count). The number of nitrogens with zero attached hydrogens (tertiary/aromatic N) is 2. The maximum atomic E-state index is 11.6. The predicted octanol–water partition coefficient (Wildman–Crippen LogP) is 2.88. The van der Waals surface area contributed by atoms with Gasteiger partial charge in [-0.15, -0.1) is 0 Å². The second kappa shape index (κ2) is 6.62. The number of aromatic nitrogens is 2. The maximum Gasteiger partial charge on any atom is 0.252 e. The van der Waals surface area contributed by atoms with E-state index in [0.29, 0.717) is 17.1 Å². The Labute approximate surface area is 144 Å². The molecule has 22 heavy (non-hydrogen) atoms. The summed E-state index contributed by atoms with van der Waals surface area (Å²) in [6.07, 6.45) is 0. The number of hydrogen-bond donors (Lipinski definition) is 2. The number of amides is 1. The van der Waals surface area contributed by atoms with Gasteiger partial charge < -0.3 is 16.2 Å². The summed E-state index contributed by atoms with van der Waals surface area (Å²) in [5.41, 5.74) is 13.0. The summed E-state index contributed by atoms with van der Waals surface area (Å²) in [6.45, 7) is 3.63. The van der Waals surface area contributed by atoms with Gasteiger partial charge in [0.25, 0.3) is 5.91 Å². The van der Waals surface area contributed by atoms with Crippen molar-refractivity contribution in [3.05, 3.63) is 43.6 Å². The van der Waals surface area contributed by atoms with Crippen molar-refractivity contribution in [1.29, 1.82) is 0 Å². The van der Waals surface area contributed by atoms with Gasteiger partial charge >= 0.3 is 0 Å². The van der Waals surface area contributed by atoms with Crippen molar-refractivity contribution < 1.29 is 9.53 Å². The number of ether oxygens (including phenoxy) is 1. The molecule has 0 spiro atoms. The number of carbonyl (C=O) groups is 1. The van der Waals surface area contributed by atoms with Gasteiger partial charge in [-0.25, -0.2) is 9.97 Å². The fraction of sp³-hybridized carbons (Fsp3) is 0.214. The SMILES string of the molecule is Cc1cc(Br)cc(Br)c1OCc1nc(N)nc(C)c1C(N)=O. The van der Waals surface area contributed by atoms with Gasteiger partial charge in [-0.1, -0.05) is 15.9 Å². The highest BCUT2D eigenvalue weighted by atomic mass is 79.9. The first-order valence-electron chi connectivity index (χ1n) is 6.30. The van der Waals surface area contributed by atoms with Gasteiger partial charge in [0.2, 0.25) is 5.95 Å². The molecule has 116 valence electrons. The van der Waals surface area contributed by atoms with E-state index in [-0.39, 0.29) is 18.1 Å². The topological polar surface area (TPSA) is 104 Å². The van der Waals surface area contributed by atoms with E-state index in [2.05, 4.69) is 41.8 Å². The van der Waals surface area contributed by atoms with Gasteiger partial charge in [-0.3, -0.25) is 4.79 Å². The third-order valence-electron chi connectivity index (χ3n) is 2.98. The van der Waals surface area contributed by atoms with Crippen molar-refractivity contribution in [2.45, 2.75) is 20.5 Å². The molecular formula is C14H14Br2N4O2. The summed E-state index contributed by atoms with van der Waals surface area (Å²) >= 11 is 6.85. The summed E-state index contributed by atoms with van der Waals surface area (Å²) in [6, 6.07) is 3.80. The molecule has 1 aromatic carbocycles. The Hall–Kier alpha value is -1.67. The zero-order chi connectivity index (χ0) is 16.4. The molecule has 8 heteroatoms. The van der Waals surface area contributed by atoms with E-state index in [0.717, 1.165) is 14.5 Å². The highest BCUT2D eigenvalue weighted by molar-refractivity contribution is 9.11. The van der Waals surface area contributed by atoms with Crippen molar-refractivity contribution in [1.82, 2.24) is 9.97 Å². The van der Waals surface area contributed by atoms with Gasteiger partial charge in [-0.2, -0.15) is 0 Å². The average Bonchev–Trinajstić information content (AvgIpc) is 2.35. The summed E-state index contributed by atoms with van der Waals surface area (Å²) < 4.78 is 7.51. The molecule has 6 nitrogen and oxygen atoms in total. The van der Waals surface area contributed by atoms with Crippen LogP contribution in [0.1, 0.15) is 27.3 Å².